The van der Waals surface area contributed by atoms with Gasteiger partial charge in [0.15, 0.2) is 0 Å². The van der Waals surface area contributed by atoms with E-state index in [1.807, 2.05) is 11.0 Å². The molecule has 0 spiro atoms. The number of Topliss-reactive ketones (excluding diaryl/α,β-unsaturated/α-hetero) is 1. The number of rotatable bonds is 17. The lowest BCUT2D eigenvalue weighted by Crippen LogP contribution is -2.28. The molecule has 0 saturated carbocycles. The summed E-state index contributed by atoms with van der Waals surface area (Å²) in [5.74, 6) is 0.828. The molecule has 0 unspecified atom stereocenters. The van der Waals surface area contributed by atoms with Crippen molar-refractivity contribution in [2.45, 2.75) is 77.6 Å². The van der Waals surface area contributed by atoms with Crippen LogP contribution < -0.4 is 0 Å². The molecule has 0 aromatic carbocycles. The molecule has 1 atom stereocenters. The van der Waals surface area contributed by atoms with Crippen molar-refractivity contribution in [1.82, 2.24) is 9.88 Å². The van der Waals surface area contributed by atoms with Gasteiger partial charge in [-0.05, 0) is 75.8 Å². The number of pyridine rings is 1. The maximum atomic E-state index is 12.5. The number of likely N-dealkylation sites (tertiary alicyclic amines) is 1. The lowest BCUT2D eigenvalue weighted by molar-refractivity contribution is -0.119. The van der Waals surface area contributed by atoms with Crippen molar-refractivity contribution < 1.29 is 9.59 Å². The maximum Gasteiger partial charge on any atom is 0.255 e. The van der Waals surface area contributed by atoms with Crippen molar-refractivity contribution in [3.63, 3.8) is 0 Å². The first kappa shape index (κ1) is 29.2. The molecule has 1 aromatic heterocycles. The summed E-state index contributed by atoms with van der Waals surface area (Å²) in [4.78, 5) is 30.7. The number of nitrogens with zero attached hydrogens (tertiary/aromatic N) is 2. The molecule has 1 fully saturated rings. The third-order valence-electron chi connectivity index (χ3n) is 6.30. The number of allylic oxidation sites excluding steroid dienone is 10. The third kappa shape index (κ3) is 13.2. The highest BCUT2D eigenvalue weighted by Crippen LogP contribution is 2.23. The Morgan fingerprint density at radius 3 is 2.17 bits per heavy atom. The SMILES string of the molecule is CC/C=C\C/C=C\C/C=C\C/C=C\C/C=C\CCCC(=O)CC[C@@H]1CCN(C(=O)c2cccnc2)C1. The van der Waals surface area contributed by atoms with Crippen LogP contribution in [0.15, 0.2) is 85.3 Å². The van der Waals surface area contributed by atoms with Crippen LogP contribution in [0.1, 0.15) is 87.9 Å². The molecule has 194 valence electrons. The Morgan fingerprint density at radius 1 is 0.917 bits per heavy atom. The summed E-state index contributed by atoms with van der Waals surface area (Å²) in [6, 6.07) is 3.60. The van der Waals surface area contributed by atoms with Crippen molar-refractivity contribution in [1.29, 1.82) is 0 Å². The van der Waals surface area contributed by atoms with Crippen molar-refractivity contribution in [3.05, 3.63) is 90.9 Å². The van der Waals surface area contributed by atoms with Gasteiger partial charge in [0, 0.05) is 38.3 Å². The molecule has 0 aliphatic carbocycles. The summed E-state index contributed by atoms with van der Waals surface area (Å²) in [5.41, 5.74) is 0.643. The summed E-state index contributed by atoms with van der Waals surface area (Å²) >= 11 is 0. The van der Waals surface area contributed by atoms with Crippen LogP contribution >= 0.6 is 0 Å². The lowest BCUT2D eigenvalue weighted by atomic mass is 9.99. The highest BCUT2D eigenvalue weighted by atomic mass is 16.2. The van der Waals surface area contributed by atoms with Crippen LogP contribution in [0.25, 0.3) is 0 Å². The van der Waals surface area contributed by atoms with E-state index in [4.69, 9.17) is 0 Å². The van der Waals surface area contributed by atoms with E-state index in [0.717, 1.165) is 70.9 Å². The Kier molecular flexibility index (Phi) is 15.6. The lowest BCUT2D eigenvalue weighted by Gasteiger charge is -2.16. The first-order valence-corrected chi connectivity index (χ1v) is 13.7. The molecule has 4 nitrogen and oxygen atoms in total. The standard InChI is InChI=1S/C32H44N2O2/c1-2-3-4-5-6-7-8-9-10-11-12-13-14-15-16-17-18-21-31(35)23-22-29-24-26-34(28-29)32(36)30-20-19-25-33-27-30/h3-4,6-7,9-10,12-13,15-16,19-20,25,27,29H,2,5,8,11,14,17-18,21-24,26,28H2,1H3/b4-3-,7-6-,10-9-,13-12-,16-15-/t29-/m1/s1. The molecule has 36 heavy (non-hydrogen) atoms. The van der Waals surface area contributed by atoms with Crippen LogP contribution in [0, 0.1) is 5.92 Å². The average Bonchev–Trinajstić information content (AvgIpc) is 3.38. The van der Waals surface area contributed by atoms with E-state index in [9.17, 15) is 9.59 Å². The van der Waals surface area contributed by atoms with E-state index in [-0.39, 0.29) is 5.91 Å². The number of amides is 1. The number of aromatic nitrogens is 1. The number of unbranched alkanes of at least 4 members (excludes halogenated alkanes) is 1. The Balaban J connectivity index is 1.45. The quantitative estimate of drug-likeness (QED) is 0.166. The van der Waals surface area contributed by atoms with Gasteiger partial charge in [-0.25, -0.2) is 0 Å². The highest BCUT2D eigenvalue weighted by Gasteiger charge is 2.27. The second-order valence-corrected chi connectivity index (χ2v) is 9.33. The number of hydrogen-bond acceptors (Lipinski definition) is 3. The van der Waals surface area contributed by atoms with E-state index in [1.165, 1.54) is 0 Å². The van der Waals surface area contributed by atoms with E-state index in [1.54, 1.807) is 18.5 Å². The molecule has 0 N–H and O–H groups in total. The van der Waals surface area contributed by atoms with Crippen LogP contribution in [0.5, 0.6) is 0 Å². The average molecular weight is 489 g/mol. The summed E-state index contributed by atoms with van der Waals surface area (Å²) in [7, 11) is 0. The highest BCUT2D eigenvalue weighted by molar-refractivity contribution is 5.94. The Morgan fingerprint density at radius 2 is 1.56 bits per heavy atom. The van der Waals surface area contributed by atoms with Gasteiger partial charge in [-0.3, -0.25) is 14.6 Å². The van der Waals surface area contributed by atoms with Crippen LogP contribution in [0.3, 0.4) is 0 Å². The van der Waals surface area contributed by atoms with Crippen molar-refractivity contribution >= 4 is 11.7 Å². The van der Waals surface area contributed by atoms with Gasteiger partial charge in [0.1, 0.15) is 5.78 Å². The van der Waals surface area contributed by atoms with Crippen LogP contribution in [-0.4, -0.2) is 34.7 Å². The zero-order chi connectivity index (χ0) is 25.7. The van der Waals surface area contributed by atoms with Crippen molar-refractivity contribution in [3.8, 4) is 0 Å². The Bertz CT molecular complexity index is 896. The molecule has 1 saturated heterocycles. The van der Waals surface area contributed by atoms with Crippen molar-refractivity contribution in [2.24, 2.45) is 5.92 Å². The molecule has 4 heteroatoms. The molecule has 2 rings (SSSR count). The van der Waals surface area contributed by atoms with Gasteiger partial charge in [0.05, 0.1) is 5.56 Å². The molecular weight excluding hydrogens is 444 g/mol. The number of carbonyl (C=O) groups excluding carboxylic acids is 2. The topological polar surface area (TPSA) is 50.3 Å². The van der Waals surface area contributed by atoms with Gasteiger partial charge >= 0.3 is 0 Å². The first-order chi connectivity index (χ1) is 17.7. The van der Waals surface area contributed by atoms with Gasteiger partial charge in [-0.1, -0.05) is 67.7 Å². The second-order valence-electron chi connectivity index (χ2n) is 9.33. The zero-order valence-corrected chi connectivity index (χ0v) is 22.1. The summed E-state index contributed by atoms with van der Waals surface area (Å²) in [6.07, 6.45) is 35.4. The van der Waals surface area contributed by atoms with Crippen LogP contribution in [0.4, 0.5) is 0 Å². The Hall–Kier alpha value is -3.01. The first-order valence-electron chi connectivity index (χ1n) is 13.7. The summed E-state index contributed by atoms with van der Waals surface area (Å²) < 4.78 is 0. The largest absolute Gasteiger partial charge is 0.338 e. The predicted molar refractivity (Wildman–Crippen MR) is 151 cm³/mol. The molecule has 1 aromatic rings. The van der Waals surface area contributed by atoms with Gasteiger partial charge in [0.25, 0.3) is 5.91 Å². The molecule has 2 heterocycles. The minimum absolute atomic E-state index is 0.0500. The van der Waals surface area contributed by atoms with E-state index in [0.29, 0.717) is 30.1 Å². The number of hydrogen-bond donors (Lipinski definition) is 0. The molecule has 1 aliphatic rings. The smallest absolute Gasteiger partial charge is 0.255 e. The summed E-state index contributed by atoms with van der Waals surface area (Å²) in [6.45, 7) is 3.68. The maximum absolute atomic E-state index is 12.5. The monoisotopic (exact) mass is 488 g/mol. The molecule has 0 radical (unpaired) electrons. The van der Waals surface area contributed by atoms with Gasteiger partial charge < -0.3 is 4.90 Å². The fraction of sp³-hybridized carbons (Fsp3) is 0.469. The second kappa shape index (κ2) is 19.2. The molecule has 1 aliphatic heterocycles. The fourth-order valence-electron chi connectivity index (χ4n) is 4.20. The van der Waals surface area contributed by atoms with Crippen LogP contribution in [0.2, 0.25) is 0 Å². The predicted octanol–water partition coefficient (Wildman–Crippen LogP) is 7.81. The summed E-state index contributed by atoms with van der Waals surface area (Å²) in [5, 5.41) is 0. The van der Waals surface area contributed by atoms with Gasteiger partial charge in [-0.15, -0.1) is 0 Å². The minimum Gasteiger partial charge on any atom is -0.338 e. The normalized spacial score (nSPS) is 16.6. The molecule has 1 amide bonds. The molecule has 0 bridgehead atoms. The Labute approximate surface area is 218 Å². The number of carbonyl (C=O) groups is 2. The fourth-order valence-corrected chi connectivity index (χ4v) is 4.20. The zero-order valence-electron chi connectivity index (χ0n) is 22.1. The number of ketones is 1. The van der Waals surface area contributed by atoms with Crippen molar-refractivity contribution in [2.75, 3.05) is 13.1 Å². The van der Waals surface area contributed by atoms with Gasteiger partial charge in [0.2, 0.25) is 0 Å². The van der Waals surface area contributed by atoms with E-state index in [2.05, 4.69) is 72.7 Å². The third-order valence-corrected chi connectivity index (χ3v) is 6.30. The van der Waals surface area contributed by atoms with E-state index >= 15 is 0 Å². The molecular formula is C32H44N2O2. The van der Waals surface area contributed by atoms with Crippen LogP contribution in [-0.2, 0) is 4.79 Å². The van der Waals surface area contributed by atoms with Gasteiger partial charge in [-0.2, -0.15) is 0 Å². The van der Waals surface area contributed by atoms with E-state index < -0.39 is 0 Å². The minimum atomic E-state index is 0.0500.